The van der Waals surface area contributed by atoms with Crippen LogP contribution in [0.5, 0.6) is 5.75 Å². The zero-order valence-electron chi connectivity index (χ0n) is 15.3. The van der Waals surface area contributed by atoms with Crippen LogP contribution in [0.1, 0.15) is 23.9 Å². The molecule has 1 aromatic heterocycles. The molecule has 0 spiro atoms. The predicted molar refractivity (Wildman–Crippen MR) is 103 cm³/mol. The van der Waals surface area contributed by atoms with Crippen LogP contribution in [-0.4, -0.2) is 22.2 Å². The molecule has 1 N–H and O–H groups in total. The molecule has 3 rings (SSSR count). The van der Waals surface area contributed by atoms with Crippen molar-refractivity contribution < 1.29 is 14.1 Å². The Morgan fingerprint density at radius 2 is 1.96 bits per heavy atom. The van der Waals surface area contributed by atoms with Crippen LogP contribution in [0.2, 0.25) is 5.02 Å². The molecule has 3 aromatic rings. The first-order chi connectivity index (χ1) is 12.9. The highest BCUT2D eigenvalue weighted by molar-refractivity contribution is 6.30. The van der Waals surface area contributed by atoms with Crippen molar-refractivity contribution in [3.63, 3.8) is 0 Å². The highest BCUT2D eigenvalue weighted by Crippen LogP contribution is 2.21. The second-order valence-corrected chi connectivity index (χ2v) is 6.70. The Labute approximate surface area is 162 Å². The SMILES string of the molecule is Cc1ccc(C)c(O[C@@H](C)C(=O)NCc2nc(-c3ccc(Cl)cc3)no2)c1. The van der Waals surface area contributed by atoms with Gasteiger partial charge in [-0.3, -0.25) is 4.79 Å². The molecular formula is C20H20ClN3O3. The van der Waals surface area contributed by atoms with E-state index in [1.807, 2.05) is 32.0 Å². The van der Waals surface area contributed by atoms with Gasteiger partial charge in [-0.25, -0.2) is 0 Å². The molecular weight excluding hydrogens is 366 g/mol. The minimum absolute atomic E-state index is 0.125. The predicted octanol–water partition coefficient (Wildman–Crippen LogP) is 4.09. The molecule has 7 heteroatoms. The lowest BCUT2D eigenvalue weighted by Gasteiger charge is -2.16. The quantitative estimate of drug-likeness (QED) is 0.691. The Hall–Kier alpha value is -2.86. The lowest BCUT2D eigenvalue weighted by atomic mass is 10.1. The van der Waals surface area contributed by atoms with Gasteiger partial charge in [-0.15, -0.1) is 0 Å². The number of nitrogens with zero attached hydrogens (tertiary/aromatic N) is 2. The zero-order valence-corrected chi connectivity index (χ0v) is 16.1. The molecule has 0 fully saturated rings. The fourth-order valence-electron chi connectivity index (χ4n) is 2.43. The number of rotatable bonds is 6. The summed E-state index contributed by atoms with van der Waals surface area (Å²) >= 11 is 5.87. The van der Waals surface area contributed by atoms with Crippen molar-refractivity contribution in [1.29, 1.82) is 0 Å². The molecule has 6 nitrogen and oxygen atoms in total. The molecule has 0 radical (unpaired) electrons. The number of aromatic nitrogens is 2. The Morgan fingerprint density at radius 1 is 1.22 bits per heavy atom. The summed E-state index contributed by atoms with van der Waals surface area (Å²) in [4.78, 5) is 16.6. The number of ether oxygens (including phenoxy) is 1. The standard InChI is InChI=1S/C20H20ClN3O3/c1-12-4-5-13(2)17(10-12)26-14(3)20(25)22-11-18-23-19(24-27-18)15-6-8-16(21)9-7-15/h4-10,14H,11H2,1-3H3,(H,22,25)/t14-/m0/s1. The lowest BCUT2D eigenvalue weighted by molar-refractivity contribution is -0.127. The summed E-state index contributed by atoms with van der Waals surface area (Å²) in [5.41, 5.74) is 2.83. The Balaban J connectivity index is 1.57. The van der Waals surface area contributed by atoms with Crippen molar-refractivity contribution in [1.82, 2.24) is 15.5 Å². The van der Waals surface area contributed by atoms with Crippen LogP contribution < -0.4 is 10.1 Å². The number of benzene rings is 2. The Morgan fingerprint density at radius 3 is 2.70 bits per heavy atom. The number of amides is 1. The summed E-state index contributed by atoms with van der Waals surface area (Å²) in [5.74, 6) is 1.19. The number of hydrogen-bond donors (Lipinski definition) is 1. The third kappa shape index (κ3) is 4.86. The third-order valence-electron chi connectivity index (χ3n) is 4.00. The third-order valence-corrected chi connectivity index (χ3v) is 4.25. The number of carbonyl (C=O) groups excluding carboxylic acids is 1. The topological polar surface area (TPSA) is 77.2 Å². The van der Waals surface area contributed by atoms with Crippen LogP contribution in [0, 0.1) is 13.8 Å². The second kappa shape index (κ2) is 8.22. The van der Waals surface area contributed by atoms with Gasteiger partial charge in [0.2, 0.25) is 11.7 Å². The summed E-state index contributed by atoms with van der Waals surface area (Å²) in [5, 5.41) is 7.29. The monoisotopic (exact) mass is 385 g/mol. The van der Waals surface area contributed by atoms with Gasteiger partial charge in [0.25, 0.3) is 5.91 Å². The van der Waals surface area contributed by atoms with Gasteiger partial charge in [-0.2, -0.15) is 4.98 Å². The van der Waals surface area contributed by atoms with Gasteiger partial charge in [-0.05, 0) is 62.2 Å². The number of nitrogens with one attached hydrogen (secondary N) is 1. The zero-order chi connectivity index (χ0) is 19.4. The van der Waals surface area contributed by atoms with Gasteiger partial charge in [0.15, 0.2) is 6.10 Å². The maximum atomic E-state index is 12.3. The highest BCUT2D eigenvalue weighted by Gasteiger charge is 2.17. The Bertz CT molecular complexity index is 938. The molecule has 27 heavy (non-hydrogen) atoms. The molecule has 1 amide bonds. The molecule has 2 aromatic carbocycles. The van der Waals surface area contributed by atoms with Crippen LogP contribution >= 0.6 is 11.6 Å². The number of halogens is 1. The van der Waals surface area contributed by atoms with E-state index < -0.39 is 6.10 Å². The van der Waals surface area contributed by atoms with E-state index in [2.05, 4.69) is 15.5 Å². The highest BCUT2D eigenvalue weighted by atomic mass is 35.5. The van der Waals surface area contributed by atoms with Crippen molar-refractivity contribution in [2.45, 2.75) is 33.4 Å². The van der Waals surface area contributed by atoms with E-state index in [-0.39, 0.29) is 12.5 Å². The molecule has 1 heterocycles. The second-order valence-electron chi connectivity index (χ2n) is 6.27. The van der Waals surface area contributed by atoms with E-state index in [9.17, 15) is 4.79 Å². The number of carbonyl (C=O) groups is 1. The summed E-state index contributed by atoms with van der Waals surface area (Å²) in [6, 6.07) is 13.0. The molecule has 0 saturated carbocycles. The van der Waals surface area contributed by atoms with Gasteiger partial charge in [0, 0.05) is 10.6 Å². The maximum absolute atomic E-state index is 12.3. The van der Waals surface area contributed by atoms with Gasteiger partial charge in [0.05, 0.1) is 6.54 Å². The maximum Gasteiger partial charge on any atom is 0.261 e. The molecule has 0 saturated heterocycles. The van der Waals surface area contributed by atoms with E-state index in [0.29, 0.717) is 22.5 Å². The van der Waals surface area contributed by atoms with Crippen LogP contribution in [0.15, 0.2) is 47.0 Å². The first kappa shape index (κ1) is 18.9. The largest absolute Gasteiger partial charge is 0.481 e. The first-order valence-corrected chi connectivity index (χ1v) is 8.90. The molecule has 0 aliphatic rings. The summed E-state index contributed by atoms with van der Waals surface area (Å²) in [6.07, 6.45) is -0.649. The molecule has 0 unspecified atom stereocenters. The normalized spacial score (nSPS) is 11.9. The van der Waals surface area contributed by atoms with Crippen LogP contribution in [0.25, 0.3) is 11.4 Å². The number of hydrogen-bond acceptors (Lipinski definition) is 5. The van der Waals surface area contributed by atoms with E-state index in [4.69, 9.17) is 20.9 Å². The van der Waals surface area contributed by atoms with Crippen LogP contribution in [0.4, 0.5) is 0 Å². The smallest absolute Gasteiger partial charge is 0.261 e. The summed E-state index contributed by atoms with van der Waals surface area (Å²) in [7, 11) is 0. The average molecular weight is 386 g/mol. The van der Waals surface area contributed by atoms with E-state index in [1.54, 1.807) is 31.2 Å². The molecule has 140 valence electrons. The van der Waals surface area contributed by atoms with Crippen molar-refractivity contribution in [3.05, 3.63) is 64.5 Å². The minimum Gasteiger partial charge on any atom is -0.481 e. The fraction of sp³-hybridized carbons (Fsp3) is 0.250. The van der Waals surface area contributed by atoms with Crippen molar-refractivity contribution in [2.24, 2.45) is 0 Å². The summed E-state index contributed by atoms with van der Waals surface area (Å²) in [6.45, 7) is 5.74. The van der Waals surface area contributed by atoms with Gasteiger partial charge in [0.1, 0.15) is 5.75 Å². The van der Waals surface area contributed by atoms with Crippen molar-refractivity contribution >= 4 is 17.5 Å². The van der Waals surface area contributed by atoms with Gasteiger partial charge >= 0.3 is 0 Å². The fourth-order valence-corrected chi connectivity index (χ4v) is 2.55. The Kier molecular flexibility index (Phi) is 5.76. The van der Waals surface area contributed by atoms with Crippen LogP contribution in [0.3, 0.4) is 0 Å². The first-order valence-electron chi connectivity index (χ1n) is 8.52. The number of aryl methyl sites for hydroxylation is 2. The molecule has 0 bridgehead atoms. The van der Waals surface area contributed by atoms with Gasteiger partial charge in [-0.1, -0.05) is 28.9 Å². The minimum atomic E-state index is -0.649. The van der Waals surface area contributed by atoms with E-state index in [1.165, 1.54) is 0 Å². The molecule has 0 aliphatic heterocycles. The van der Waals surface area contributed by atoms with E-state index in [0.717, 1.165) is 16.7 Å². The van der Waals surface area contributed by atoms with Crippen LogP contribution in [-0.2, 0) is 11.3 Å². The average Bonchev–Trinajstić information content (AvgIpc) is 3.12. The molecule has 1 atom stereocenters. The van der Waals surface area contributed by atoms with Crippen molar-refractivity contribution in [2.75, 3.05) is 0 Å². The summed E-state index contributed by atoms with van der Waals surface area (Å²) < 4.78 is 11.0. The molecule has 0 aliphatic carbocycles. The van der Waals surface area contributed by atoms with Gasteiger partial charge < -0.3 is 14.6 Å². The lowest BCUT2D eigenvalue weighted by Crippen LogP contribution is -2.36. The van der Waals surface area contributed by atoms with E-state index >= 15 is 0 Å². The van der Waals surface area contributed by atoms with Crippen molar-refractivity contribution in [3.8, 4) is 17.1 Å².